The molecule has 1 atom stereocenters. The van der Waals surface area contributed by atoms with E-state index in [1.807, 2.05) is 13.8 Å². The molecule has 0 saturated carbocycles. The maximum Gasteiger partial charge on any atom is 0.193 e. The van der Waals surface area contributed by atoms with E-state index in [9.17, 15) is 0 Å². The normalized spacial score (nSPS) is 13.3. The number of guanidine groups is 1. The first-order valence-corrected chi connectivity index (χ1v) is 7.93. The number of hydrogen-bond donors (Lipinski definition) is 1. The minimum Gasteiger partial charge on any atom is -0.361 e. The van der Waals surface area contributed by atoms with Gasteiger partial charge in [-0.1, -0.05) is 25.4 Å². The largest absolute Gasteiger partial charge is 0.361 e. The van der Waals surface area contributed by atoms with E-state index in [4.69, 9.17) is 9.52 Å². The molecule has 0 aromatic carbocycles. The van der Waals surface area contributed by atoms with Gasteiger partial charge in [0, 0.05) is 38.2 Å². The monoisotopic (exact) mass is 294 g/mol. The van der Waals surface area contributed by atoms with Gasteiger partial charge in [-0.2, -0.15) is 0 Å². The van der Waals surface area contributed by atoms with Crippen LogP contribution in [0.2, 0.25) is 0 Å². The molecule has 0 saturated heterocycles. The highest BCUT2D eigenvalue weighted by molar-refractivity contribution is 5.79. The van der Waals surface area contributed by atoms with Gasteiger partial charge in [0.05, 0.1) is 5.69 Å². The zero-order valence-electron chi connectivity index (χ0n) is 14.4. The summed E-state index contributed by atoms with van der Waals surface area (Å²) in [6, 6.07) is 0. The minimum atomic E-state index is 0.310. The molecule has 1 unspecified atom stereocenters. The Bertz CT molecular complexity index is 434. The molecule has 21 heavy (non-hydrogen) atoms. The van der Waals surface area contributed by atoms with Crippen LogP contribution >= 0.6 is 0 Å². The Balaban J connectivity index is 2.73. The third-order valence-electron chi connectivity index (χ3n) is 3.64. The smallest absolute Gasteiger partial charge is 0.193 e. The molecule has 0 spiro atoms. The molecule has 5 nitrogen and oxygen atoms in total. The summed E-state index contributed by atoms with van der Waals surface area (Å²) in [7, 11) is 2.09. The molecule has 0 aliphatic rings. The lowest BCUT2D eigenvalue weighted by Crippen LogP contribution is -2.39. The van der Waals surface area contributed by atoms with Crippen LogP contribution in [0.3, 0.4) is 0 Å². The van der Waals surface area contributed by atoms with Crippen molar-refractivity contribution in [3.05, 3.63) is 17.0 Å². The maximum absolute atomic E-state index is 5.25. The number of rotatable bonds is 7. The van der Waals surface area contributed by atoms with Crippen LogP contribution in [0.25, 0.3) is 0 Å². The topological polar surface area (TPSA) is 53.7 Å². The molecular formula is C16H30N4O. The number of aryl methyl sites for hydroxylation is 2. The number of nitrogens with one attached hydrogen (secondary N) is 1. The Morgan fingerprint density at radius 2 is 2.10 bits per heavy atom. The quantitative estimate of drug-likeness (QED) is 0.620. The number of aliphatic imine (C=N–C) groups is 1. The third kappa shape index (κ3) is 5.06. The summed E-state index contributed by atoms with van der Waals surface area (Å²) in [4.78, 5) is 6.97. The highest BCUT2D eigenvalue weighted by atomic mass is 16.5. The average Bonchev–Trinajstić information content (AvgIpc) is 2.79. The predicted octanol–water partition coefficient (Wildman–Crippen LogP) is 3.09. The highest BCUT2D eigenvalue weighted by Crippen LogP contribution is 2.23. The van der Waals surface area contributed by atoms with Gasteiger partial charge in [-0.05, 0) is 27.2 Å². The van der Waals surface area contributed by atoms with Crippen LogP contribution < -0.4 is 5.32 Å². The van der Waals surface area contributed by atoms with Crippen molar-refractivity contribution in [2.75, 3.05) is 26.7 Å². The molecule has 5 heteroatoms. The molecule has 120 valence electrons. The fraction of sp³-hybridized carbons (Fsp3) is 0.750. The van der Waals surface area contributed by atoms with Crippen molar-refractivity contribution >= 4 is 5.96 Å². The minimum absolute atomic E-state index is 0.310. The van der Waals surface area contributed by atoms with Crippen molar-refractivity contribution in [1.29, 1.82) is 0 Å². The van der Waals surface area contributed by atoms with Crippen molar-refractivity contribution in [2.24, 2.45) is 4.99 Å². The van der Waals surface area contributed by atoms with Gasteiger partial charge in [-0.15, -0.1) is 0 Å². The van der Waals surface area contributed by atoms with E-state index in [0.29, 0.717) is 5.92 Å². The van der Waals surface area contributed by atoms with E-state index in [-0.39, 0.29) is 0 Å². The summed E-state index contributed by atoms with van der Waals surface area (Å²) in [5, 5.41) is 7.38. The lowest BCUT2D eigenvalue weighted by molar-refractivity contribution is 0.391. The summed E-state index contributed by atoms with van der Waals surface area (Å²) in [6.07, 6.45) is 2.37. The molecule has 1 N–H and O–H groups in total. The molecule has 0 radical (unpaired) electrons. The van der Waals surface area contributed by atoms with Crippen molar-refractivity contribution in [1.82, 2.24) is 15.4 Å². The second kappa shape index (κ2) is 8.70. The standard InChI is InChI=1S/C16H30N4O/c1-7-9-10-20(6)16(17-8-2)18-11-12(3)15-13(4)19-21-14(15)5/h12H,7-11H2,1-6H3,(H,17,18). The van der Waals surface area contributed by atoms with Crippen molar-refractivity contribution in [2.45, 2.75) is 53.4 Å². The van der Waals surface area contributed by atoms with Crippen LogP contribution in [0.1, 0.15) is 56.5 Å². The molecular weight excluding hydrogens is 264 g/mol. The van der Waals surface area contributed by atoms with Gasteiger partial charge < -0.3 is 14.7 Å². The maximum atomic E-state index is 5.25. The van der Waals surface area contributed by atoms with E-state index in [2.05, 4.69) is 43.2 Å². The first-order chi connectivity index (χ1) is 10.0. The zero-order valence-corrected chi connectivity index (χ0v) is 14.4. The van der Waals surface area contributed by atoms with Crippen molar-refractivity contribution in [3.63, 3.8) is 0 Å². The van der Waals surface area contributed by atoms with Gasteiger partial charge in [0.1, 0.15) is 5.76 Å². The summed E-state index contributed by atoms with van der Waals surface area (Å²) in [5.41, 5.74) is 2.16. The molecule has 0 aliphatic carbocycles. The molecule has 0 amide bonds. The van der Waals surface area contributed by atoms with Gasteiger partial charge in [0.25, 0.3) is 0 Å². The van der Waals surface area contributed by atoms with Crippen LogP contribution in [0.15, 0.2) is 9.52 Å². The van der Waals surface area contributed by atoms with Gasteiger partial charge >= 0.3 is 0 Å². The molecule has 1 aromatic heterocycles. The summed E-state index contributed by atoms with van der Waals surface area (Å²) in [5.74, 6) is 2.19. The molecule has 1 heterocycles. The lowest BCUT2D eigenvalue weighted by Gasteiger charge is -2.22. The highest BCUT2D eigenvalue weighted by Gasteiger charge is 2.16. The Hall–Kier alpha value is -1.52. The molecule has 0 fully saturated rings. The molecule has 0 bridgehead atoms. The van der Waals surface area contributed by atoms with Crippen molar-refractivity contribution in [3.8, 4) is 0 Å². The number of aromatic nitrogens is 1. The zero-order chi connectivity index (χ0) is 15.8. The van der Waals surface area contributed by atoms with Crippen molar-refractivity contribution < 1.29 is 4.52 Å². The Labute approximate surface area is 128 Å². The Morgan fingerprint density at radius 1 is 1.38 bits per heavy atom. The fourth-order valence-corrected chi connectivity index (χ4v) is 2.48. The third-order valence-corrected chi connectivity index (χ3v) is 3.64. The predicted molar refractivity (Wildman–Crippen MR) is 87.9 cm³/mol. The number of unbranched alkanes of at least 4 members (excludes halogenated alkanes) is 1. The average molecular weight is 294 g/mol. The van der Waals surface area contributed by atoms with Gasteiger partial charge in [0.15, 0.2) is 5.96 Å². The summed E-state index contributed by atoms with van der Waals surface area (Å²) < 4.78 is 5.25. The van der Waals surface area contributed by atoms with E-state index in [1.165, 1.54) is 18.4 Å². The number of nitrogens with zero attached hydrogens (tertiary/aromatic N) is 3. The van der Waals surface area contributed by atoms with E-state index in [1.54, 1.807) is 0 Å². The van der Waals surface area contributed by atoms with Crippen LogP contribution in [-0.2, 0) is 0 Å². The Kier molecular flexibility index (Phi) is 7.26. The molecule has 0 aliphatic heterocycles. The fourth-order valence-electron chi connectivity index (χ4n) is 2.48. The van der Waals surface area contributed by atoms with E-state index < -0.39 is 0 Å². The van der Waals surface area contributed by atoms with E-state index in [0.717, 1.165) is 37.0 Å². The SMILES string of the molecule is CCCCN(C)C(=NCC(C)c1c(C)noc1C)NCC. The lowest BCUT2D eigenvalue weighted by atomic mass is 10.00. The summed E-state index contributed by atoms with van der Waals surface area (Å²) in [6.45, 7) is 13.1. The molecule has 1 rings (SSSR count). The van der Waals surface area contributed by atoms with E-state index >= 15 is 0 Å². The first kappa shape index (κ1) is 17.5. The first-order valence-electron chi connectivity index (χ1n) is 7.93. The Morgan fingerprint density at radius 3 is 2.62 bits per heavy atom. The number of hydrogen-bond acceptors (Lipinski definition) is 3. The van der Waals surface area contributed by atoms with Crippen LogP contribution in [0.5, 0.6) is 0 Å². The second-order valence-electron chi connectivity index (χ2n) is 5.61. The van der Waals surface area contributed by atoms with Crippen LogP contribution in [0, 0.1) is 13.8 Å². The van der Waals surface area contributed by atoms with Crippen LogP contribution in [-0.4, -0.2) is 42.7 Å². The second-order valence-corrected chi connectivity index (χ2v) is 5.61. The van der Waals surface area contributed by atoms with Crippen LogP contribution in [0.4, 0.5) is 0 Å². The molecule has 1 aromatic rings. The van der Waals surface area contributed by atoms with Gasteiger partial charge in [0.2, 0.25) is 0 Å². The van der Waals surface area contributed by atoms with Gasteiger partial charge in [-0.25, -0.2) is 0 Å². The summed E-state index contributed by atoms with van der Waals surface area (Å²) >= 11 is 0. The van der Waals surface area contributed by atoms with Gasteiger partial charge in [-0.3, -0.25) is 4.99 Å².